The van der Waals surface area contributed by atoms with E-state index in [-0.39, 0.29) is 17.9 Å². The van der Waals surface area contributed by atoms with Gasteiger partial charge in [0, 0.05) is 18.8 Å². The average molecular weight is 286 g/mol. The molecule has 2 aliphatic carbocycles. The van der Waals surface area contributed by atoms with Crippen LogP contribution in [-0.4, -0.2) is 19.0 Å². The monoisotopic (exact) mass is 286 g/mol. The zero-order chi connectivity index (χ0) is 15.1. The highest BCUT2D eigenvalue weighted by Gasteiger charge is 2.49. The summed E-state index contributed by atoms with van der Waals surface area (Å²) in [4.78, 5) is 14.6. The largest absolute Gasteiger partial charge is 0.327 e. The number of anilines is 1. The number of benzene rings is 1. The fraction of sp³-hybridized carbons (Fsp3) is 0.611. The first-order chi connectivity index (χ1) is 9.99. The molecule has 2 saturated carbocycles. The fourth-order valence-electron chi connectivity index (χ4n) is 4.14. The van der Waals surface area contributed by atoms with E-state index in [2.05, 4.69) is 26.0 Å². The third-order valence-electron chi connectivity index (χ3n) is 5.54. The number of rotatable bonds is 3. The van der Waals surface area contributed by atoms with E-state index >= 15 is 0 Å². The Labute approximate surface area is 127 Å². The second kappa shape index (κ2) is 5.45. The van der Waals surface area contributed by atoms with Gasteiger partial charge in [0.05, 0.1) is 5.92 Å². The van der Waals surface area contributed by atoms with Gasteiger partial charge in [0.2, 0.25) is 5.91 Å². The van der Waals surface area contributed by atoms with Crippen LogP contribution >= 0.6 is 0 Å². The number of carbonyl (C=O) groups excluding carboxylic acids is 1. The average Bonchev–Trinajstić information content (AvgIpc) is 3.07. The molecule has 114 valence electrons. The highest BCUT2D eigenvalue weighted by atomic mass is 16.2. The Morgan fingerprint density at radius 1 is 1.19 bits per heavy atom. The maximum Gasteiger partial charge on any atom is 0.231 e. The van der Waals surface area contributed by atoms with Crippen LogP contribution in [0.1, 0.15) is 44.6 Å². The highest BCUT2D eigenvalue weighted by molar-refractivity contribution is 5.95. The third-order valence-corrected chi connectivity index (χ3v) is 5.54. The molecule has 1 aromatic carbocycles. The summed E-state index contributed by atoms with van der Waals surface area (Å²) in [7, 11) is 1.88. The lowest BCUT2D eigenvalue weighted by atomic mass is 9.84. The van der Waals surface area contributed by atoms with Crippen molar-refractivity contribution >= 4 is 11.6 Å². The molecule has 3 nitrogen and oxygen atoms in total. The molecule has 3 heteroatoms. The van der Waals surface area contributed by atoms with Gasteiger partial charge in [-0.15, -0.1) is 0 Å². The molecule has 2 fully saturated rings. The Hall–Kier alpha value is -1.35. The summed E-state index contributed by atoms with van der Waals surface area (Å²) in [5.74, 6) is 1.82. The quantitative estimate of drug-likeness (QED) is 0.928. The molecule has 4 unspecified atom stereocenters. The lowest BCUT2D eigenvalue weighted by Gasteiger charge is -2.31. The molecule has 4 atom stereocenters. The Kier molecular flexibility index (Phi) is 3.78. The number of carbonyl (C=O) groups is 1. The molecule has 2 N–H and O–H groups in total. The molecule has 0 saturated heterocycles. The molecular formula is C18H26N2O. The molecule has 1 aromatic rings. The summed E-state index contributed by atoms with van der Waals surface area (Å²) < 4.78 is 0. The molecule has 0 aromatic heterocycles. The van der Waals surface area contributed by atoms with Crippen LogP contribution in [0.2, 0.25) is 0 Å². The van der Waals surface area contributed by atoms with Gasteiger partial charge in [-0.25, -0.2) is 0 Å². The van der Waals surface area contributed by atoms with Gasteiger partial charge in [0.1, 0.15) is 0 Å². The zero-order valence-electron chi connectivity index (χ0n) is 13.3. The summed E-state index contributed by atoms with van der Waals surface area (Å²) in [5.41, 5.74) is 8.57. The van der Waals surface area contributed by atoms with Crippen molar-refractivity contribution < 1.29 is 4.79 Å². The lowest BCUT2D eigenvalue weighted by molar-refractivity contribution is -0.124. The molecule has 0 heterocycles. The number of fused-ring (bicyclic) bond motifs is 2. The van der Waals surface area contributed by atoms with Gasteiger partial charge in [0.15, 0.2) is 0 Å². The maximum absolute atomic E-state index is 12.8. The molecule has 1 amide bonds. The van der Waals surface area contributed by atoms with E-state index < -0.39 is 0 Å². The summed E-state index contributed by atoms with van der Waals surface area (Å²) >= 11 is 0. The second-order valence-electron chi connectivity index (χ2n) is 7.08. The van der Waals surface area contributed by atoms with Crippen molar-refractivity contribution in [3.05, 3.63) is 29.8 Å². The van der Waals surface area contributed by atoms with Crippen LogP contribution < -0.4 is 10.6 Å². The van der Waals surface area contributed by atoms with Crippen molar-refractivity contribution in [2.24, 2.45) is 23.5 Å². The molecule has 2 bridgehead atoms. The maximum atomic E-state index is 12.8. The Morgan fingerprint density at radius 2 is 1.81 bits per heavy atom. The van der Waals surface area contributed by atoms with E-state index in [4.69, 9.17) is 5.73 Å². The van der Waals surface area contributed by atoms with Crippen molar-refractivity contribution in [2.75, 3.05) is 11.9 Å². The third kappa shape index (κ3) is 2.48. The van der Waals surface area contributed by atoms with Crippen LogP contribution in [0.25, 0.3) is 0 Å². The van der Waals surface area contributed by atoms with Crippen LogP contribution in [-0.2, 0) is 4.79 Å². The Morgan fingerprint density at radius 3 is 2.33 bits per heavy atom. The summed E-state index contributed by atoms with van der Waals surface area (Å²) in [5, 5.41) is 0. The second-order valence-corrected chi connectivity index (χ2v) is 7.08. The van der Waals surface area contributed by atoms with E-state index in [9.17, 15) is 4.79 Å². The molecular weight excluding hydrogens is 260 g/mol. The van der Waals surface area contributed by atoms with Crippen LogP contribution in [0, 0.1) is 17.8 Å². The van der Waals surface area contributed by atoms with E-state index in [1.807, 2.05) is 19.2 Å². The molecule has 3 rings (SSSR count). The van der Waals surface area contributed by atoms with E-state index in [1.165, 1.54) is 18.4 Å². The van der Waals surface area contributed by atoms with E-state index in [0.29, 0.717) is 17.8 Å². The Bertz CT molecular complexity index is 521. The van der Waals surface area contributed by atoms with Gasteiger partial charge >= 0.3 is 0 Å². The van der Waals surface area contributed by atoms with Gasteiger partial charge in [-0.3, -0.25) is 4.79 Å². The minimum atomic E-state index is 0.0264. The summed E-state index contributed by atoms with van der Waals surface area (Å²) in [6.45, 7) is 4.36. The lowest BCUT2D eigenvalue weighted by Crippen LogP contribution is -2.46. The van der Waals surface area contributed by atoms with E-state index in [1.54, 1.807) is 4.90 Å². The van der Waals surface area contributed by atoms with Gasteiger partial charge in [-0.1, -0.05) is 26.0 Å². The number of hydrogen-bond donors (Lipinski definition) is 1. The van der Waals surface area contributed by atoms with Crippen LogP contribution in [0.15, 0.2) is 24.3 Å². The van der Waals surface area contributed by atoms with Crippen molar-refractivity contribution in [3.8, 4) is 0 Å². The predicted molar refractivity (Wildman–Crippen MR) is 86.2 cm³/mol. The number of nitrogens with zero attached hydrogens (tertiary/aromatic N) is 1. The first-order valence-electron chi connectivity index (χ1n) is 8.12. The van der Waals surface area contributed by atoms with Gasteiger partial charge in [-0.2, -0.15) is 0 Å². The van der Waals surface area contributed by atoms with Crippen molar-refractivity contribution in [2.45, 2.75) is 45.1 Å². The number of hydrogen-bond acceptors (Lipinski definition) is 2. The fourth-order valence-corrected chi connectivity index (χ4v) is 4.14. The van der Waals surface area contributed by atoms with Crippen LogP contribution in [0.4, 0.5) is 5.69 Å². The Balaban J connectivity index is 1.75. The summed E-state index contributed by atoms with van der Waals surface area (Å²) in [6.07, 6.45) is 3.54. The highest BCUT2D eigenvalue weighted by Crippen LogP contribution is 2.48. The van der Waals surface area contributed by atoms with Crippen molar-refractivity contribution in [1.29, 1.82) is 0 Å². The topological polar surface area (TPSA) is 46.3 Å². The summed E-state index contributed by atoms with van der Waals surface area (Å²) in [6, 6.07) is 8.39. The first-order valence-corrected chi connectivity index (χ1v) is 8.12. The minimum absolute atomic E-state index is 0.0264. The van der Waals surface area contributed by atoms with Gasteiger partial charge in [0.25, 0.3) is 0 Å². The van der Waals surface area contributed by atoms with Crippen LogP contribution in [0.5, 0.6) is 0 Å². The molecule has 0 spiro atoms. The predicted octanol–water partition coefficient (Wildman–Crippen LogP) is 3.15. The SMILES string of the molecule is CC(C)c1ccc(N(C)C(=O)C2C3CCC(C3)C2N)cc1. The van der Waals surface area contributed by atoms with Crippen molar-refractivity contribution in [3.63, 3.8) is 0 Å². The van der Waals surface area contributed by atoms with Gasteiger partial charge < -0.3 is 10.6 Å². The van der Waals surface area contributed by atoms with E-state index in [0.717, 1.165) is 12.1 Å². The molecule has 2 aliphatic rings. The number of nitrogens with two attached hydrogens (primary N) is 1. The van der Waals surface area contributed by atoms with Crippen molar-refractivity contribution in [1.82, 2.24) is 0 Å². The number of amides is 1. The standard InChI is InChI=1S/C18H26N2O/c1-11(2)12-6-8-15(9-7-12)20(3)18(21)16-13-4-5-14(10-13)17(16)19/h6-9,11,13-14,16-17H,4-5,10,19H2,1-3H3. The molecule has 0 radical (unpaired) electrons. The zero-order valence-corrected chi connectivity index (χ0v) is 13.3. The molecule has 0 aliphatic heterocycles. The molecule has 21 heavy (non-hydrogen) atoms. The van der Waals surface area contributed by atoms with Crippen LogP contribution in [0.3, 0.4) is 0 Å². The van der Waals surface area contributed by atoms with Gasteiger partial charge in [-0.05, 0) is 54.7 Å². The smallest absolute Gasteiger partial charge is 0.231 e. The minimum Gasteiger partial charge on any atom is -0.327 e. The normalized spacial score (nSPS) is 30.9. The first kappa shape index (κ1) is 14.6.